The zero-order chi connectivity index (χ0) is 16.5. The number of aliphatic hydroxyl groups is 1. The largest absolute Gasteiger partial charge is 0.421 e. The highest BCUT2D eigenvalue weighted by atomic mass is 35.5. The number of carbonyl (C=O) groups is 1. The van der Waals surface area contributed by atoms with Gasteiger partial charge in [0.15, 0.2) is 5.60 Å². The summed E-state index contributed by atoms with van der Waals surface area (Å²) >= 11 is 6.06. The molecule has 22 heavy (non-hydrogen) atoms. The number of alkyl halides is 3. The van der Waals surface area contributed by atoms with Gasteiger partial charge >= 0.3 is 6.18 Å². The van der Waals surface area contributed by atoms with Crippen LogP contribution in [0.2, 0.25) is 5.02 Å². The van der Waals surface area contributed by atoms with Crippen LogP contribution in [0, 0.1) is 0 Å². The summed E-state index contributed by atoms with van der Waals surface area (Å²) in [5.74, 6) is 0. The number of halogens is 4. The lowest BCUT2D eigenvalue weighted by atomic mass is 9.93. The lowest BCUT2D eigenvalue weighted by Gasteiger charge is -2.26. The first-order chi connectivity index (χ1) is 10.2. The van der Waals surface area contributed by atoms with Crippen LogP contribution in [-0.2, 0) is 5.60 Å². The van der Waals surface area contributed by atoms with E-state index in [4.69, 9.17) is 11.6 Å². The Morgan fingerprint density at radius 2 is 1.68 bits per heavy atom. The zero-order valence-corrected chi connectivity index (χ0v) is 12.2. The maximum atomic E-state index is 12.8. The van der Waals surface area contributed by atoms with E-state index >= 15 is 0 Å². The summed E-state index contributed by atoms with van der Waals surface area (Å²) in [5.41, 5.74) is -1.60. The lowest BCUT2D eigenvalue weighted by molar-refractivity contribution is -0.258. The van der Waals surface area contributed by atoms with E-state index < -0.39 is 11.8 Å². The van der Waals surface area contributed by atoms with Gasteiger partial charge in [0.2, 0.25) is 0 Å². The van der Waals surface area contributed by atoms with Crippen LogP contribution >= 0.6 is 11.6 Å². The Morgan fingerprint density at radius 3 is 2.14 bits per heavy atom. The third kappa shape index (κ3) is 3.00. The van der Waals surface area contributed by atoms with Gasteiger partial charge in [-0.3, -0.25) is 4.79 Å². The van der Waals surface area contributed by atoms with Gasteiger partial charge in [-0.2, -0.15) is 13.2 Å². The van der Waals surface area contributed by atoms with Gasteiger partial charge in [-0.25, -0.2) is 0 Å². The number of carbonyl (C=O) groups excluding carboxylic acids is 1. The Kier molecular flexibility index (Phi) is 4.31. The van der Waals surface area contributed by atoms with E-state index in [2.05, 4.69) is 0 Å². The van der Waals surface area contributed by atoms with Gasteiger partial charge in [0.25, 0.3) is 0 Å². The van der Waals surface area contributed by atoms with E-state index in [0.29, 0.717) is 34.9 Å². The number of aldehydes is 1. The Morgan fingerprint density at radius 1 is 1.09 bits per heavy atom. The van der Waals surface area contributed by atoms with E-state index in [9.17, 15) is 23.1 Å². The standard InChI is InChI=1S/C16H12ClF3O2/c1-15(22,16(18,19)20)12-5-3-11(4-6-12)13-7-2-10(9-21)8-14(13)17/h2-9,22H,1H3. The van der Waals surface area contributed by atoms with Gasteiger partial charge < -0.3 is 5.11 Å². The summed E-state index contributed by atoms with van der Waals surface area (Å²) in [7, 11) is 0. The summed E-state index contributed by atoms with van der Waals surface area (Å²) < 4.78 is 38.4. The van der Waals surface area contributed by atoms with Crippen molar-refractivity contribution in [3.63, 3.8) is 0 Å². The van der Waals surface area contributed by atoms with Crippen LogP contribution in [0.3, 0.4) is 0 Å². The molecule has 0 amide bonds. The van der Waals surface area contributed by atoms with Crippen molar-refractivity contribution in [2.45, 2.75) is 18.7 Å². The molecule has 116 valence electrons. The maximum Gasteiger partial charge on any atom is 0.421 e. The molecule has 6 heteroatoms. The van der Waals surface area contributed by atoms with Crippen LogP contribution in [0.15, 0.2) is 42.5 Å². The van der Waals surface area contributed by atoms with Crippen molar-refractivity contribution in [2.24, 2.45) is 0 Å². The minimum absolute atomic E-state index is 0.260. The summed E-state index contributed by atoms with van der Waals surface area (Å²) in [6.45, 7) is 0.702. The average molecular weight is 329 g/mol. The highest BCUT2D eigenvalue weighted by Gasteiger charge is 2.51. The average Bonchev–Trinajstić information content (AvgIpc) is 2.46. The summed E-state index contributed by atoms with van der Waals surface area (Å²) in [5, 5.41) is 9.94. The molecule has 0 aliphatic rings. The summed E-state index contributed by atoms with van der Waals surface area (Å²) in [6.07, 6.45) is -4.11. The lowest BCUT2D eigenvalue weighted by Crippen LogP contribution is -2.39. The molecule has 0 radical (unpaired) electrons. The van der Waals surface area contributed by atoms with Crippen LogP contribution < -0.4 is 0 Å². The maximum absolute atomic E-state index is 12.8. The number of benzene rings is 2. The van der Waals surface area contributed by atoms with Crippen LogP contribution in [0.5, 0.6) is 0 Å². The molecule has 0 saturated heterocycles. The van der Waals surface area contributed by atoms with E-state index in [1.807, 2.05) is 0 Å². The molecule has 2 nitrogen and oxygen atoms in total. The first-order valence-electron chi connectivity index (χ1n) is 6.31. The second-order valence-electron chi connectivity index (χ2n) is 5.00. The van der Waals surface area contributed by atoms with Crippen molar-refractivity contribution in [3.8, 4) is 11.1 Å². The van der Waals surface area contributed by atoms with Gasteiger partial charge in [-0.1, -0.05) is 48.0 Å². The third-order valence-corrected chi connectivity index (χ3v) is 3.75. The molecule has 2 aromatic carbocycles. The van der Waals surface area contributed by atoms with Crippen LogP contribution in [0.1, 0.15) is 22.8 Å². The Labute approximate surface area is 130 Å². The van der Waals surface area contributed by atoms with Crippen molar-refractivity contribution >= 4 is 17.9 Å². The molecule has 1 unspecified atom stereocenters. The zero-order valence-electron chi connectivity index (χ0n) is 11.5. The second-order valence-corrected chi connectivity index (χ2v) is 5.41. The van der Waals surface area contributed by atoms with Crippen molar-refractivity contribution < 1.29 is 23.1 Å². The quantitative estimate of drug-likeness (QED) is 0.837. The van der Waals surface area contributed by atoms with Gasteiger partial charge in [0, 0.05) is 16.1 Å². The fourth-order valence-electron chi connectivity index (χ4n) is 1.98. The van der Waals surface area contributed by atoms with E-state index in [-0.39, 0.29) is 5.56 Å². The molecule has 0 heterocycles. The Balaban J connectivity index is 2.40. The molecule has 1 N–H and O–H groups in total. The summed E-state index contributed by atoms with van der Waals surface area (Å²) in [6, 6.07) is 9.94. The van der Waals surface area contributed by atoms with E-state index in [1.54, 1.807) is 12.1 Å². The van der Waals surface area contributed by atoms with Crippen LogP contribution in [-0.4, -0.2) is 17.6 Å². The van der Waals surface area contributed by atoms with E-state index in [1.165, 1.54) is 30.3 Å². The van der Waals surface area contributed by atoms with Crippen molar-refractivity contribution in [2.75, 3.05) is 0 Å². The highest BCUT2D eigenvalue weighted by molar-refractivity contribution is 6.33. The molecule has 2 rings (SSSR count). The van der Waals surface area contributed by atoms with Gasteiger partial charge in [0.1, 0.15) is 6.29 Å². The third-order valence-electron chi connectivity index (χ3n) is 3.44. The molecule has 0 aliphatic carbocycles. The molecule has 0 aliphatic heterocycles. The Bertz CT molecular complexity index is 692. The molecule has 0 saturated carbocycles. The monoisotopic (exact) mass is 328 g/mol. The van der Waals surface area contributed by atoms with Crippen LogP contribution in [0.25, 0.3) is 11.1 Å². The van der Waals surface area contributed by atoms with Crippen LogP contribution in [0.4, 0.5) is 13.2 Å². The molecule has 0 aromatic heterocycles. The molecular weight excluding hydrogens is 317 g/mol. The smallest absolute Gasteiger partial charge is 0.376 e. The summed E-state index contributed by atoms with van der Waals surface area (Å²) in [4.78, 5) is 10.7. The van der Waals surface area contributed by atoms with Crippen molar-refractivity contribution in [1.82, 2.24) is 0 Å². The van der Waals surface area contributed by atoms with Crippen molar-refractivity contribution in [1.29, 1.82) is 0 Å². The normalized spacial score (nSPS) is 14.5. The molecule has 0 fully saturated rings. The minimum Gasteiger partial charge on any atom is -0.376 e. The Hall–Kier alpha value is -1.85. The molecule has 0 spiro atoms. The fraction of sp³-hybridized carbons (Fsp3) is 0.188. The second kappa shape index (κ2) is 5.74. The highest BCUT2D eigenvalue weighted by Crippen LogP contribution is 2.39. The molecular formula is C16H12ClF3O2. The number of hydrogen-bond donors (Lipinski definition) is 1. The number of hydrogen-bond acceptors (Lipinski definition) is 2. The topological polar surface area (TPSA) is 37.3 Å². The SMILES string of the molecule is CC(O)(c1ccc(-c2ccc(C=O)cc2Cl)cc1)C(F)(F)F. The fourth-order valence-corrected chi connectivity index (χ4v) is 2.27. The van der Waals surface area contributed by atoms with E-state index in [0.717, 1.165) is 0 Å². The first kappa shape index (κ1) is 16.5. The van der Waals surface area contributed by atoms with Gasteiger partial charge in [0.05, 0.1) is 0 Å². The predicted octanol–water partition coefficient (Wildman–Crippen LogP) is 4.59. The number of rotatable bonds is 3. The molecule has 0 bridgehead atoms. The van der Waals surface area contributed by atoms with Gasteiger partial charge in [-0.05, 0) is 24.1 Å². The first-order valence-corrected chi connectivity index (χ1v) is 6.69. The van der Waals surface area contributed by atoms with Crippen molar-refractivity contribution in [3.05, 3.63) is 58.6 Å². The predicted molar refractivity (Wildman–Crippen MR) is 77.9 cm³/mol. The molecule has 2 aromatic rings. The van der Waals surface area contributed by atoms with Gasteiger partial charge in [-0.15, -0.1) is 0 Å². The minimum atomic E-state index is -4.77. The molecule has 1 atom stereocenters.